The van der Waals surface area contributed by atoms with E-state index in [0.717, 1.165) is 62.8 Å². The SMILES string of the molecule is CCCCCCCCCCCCCCCCCCCCCCCc1cccc(C2=C(CCCC)C(CCCCCC)=C(c3cccc(CCCC)c3)[N+]2=[N-])c1.CCCO.CCCO.[Ni]. The van der Waals surface area contributed by atoms with E-state index in [-0.39, 0.29) is 16.5 Å². The number of aryl methyl sites for hydroxylation is 2. The van der Waals surface area contributed by atoms with Gasteiger partial charge in [0.2, 0.25) is 11.4 Å². The van der Waals surface area contributed by atoms with Gasteiger partial charge in [-0.3, -0.25) is 0 Å². The van der Waals surface area contributed by atoms with Crippen LogP contribution in [0.2, 0.25) is 0 Å². The molecule has 3 rings (SSSR count). The first-order chi connectivity index (χ1) is 31.0. The van der Waals surface area contributed by atoms with Crippen molar-refractivity contribution in [3.63, 3.8) is 0 Å². The number of unbranched alkanes of at least 4 members (excludes halogenated alkanes) is 25. The van der Waals surface area contributed by atoms with Crippen LogP contribution in [0.25, 0.3) is 16.9 Å². The topological polar surface area (TPSA) is 65.8 Å². The van der Waals surface area contributed by atoms with Gasteiger partial charge in [-0.15, -0.1) is 0 Å². The summed E-state index contributed by atoms with van der Waals surface area (Å²) in [5.74, 6) is 0. The summed E-state index contributed by atoms with van der Waals surface area (Å²) in [5.41, 5.74) is 22.1. The fourth-order valence-corrected chi connectivity index (χ4v) is 8.76. The molecule has 0 bridgehead atoms. The molecule has 0 atom stereocenters. The Morgan fingerprint density at radius 3 is 0.969 bits per heavy atom. The summed E-state index contributed by atoms with van der Waals surface area (Å²) in [5, 5.41) is 15.8. The average molecular weight is 930 g/mol. The van der Waals surface area contributed by atoms with E-state index in [2.05, 4.69) is 76.2 Å². The molecule has 5 heteroatoms. The first-order valence-corrected chi connectivity index (χ1v) is 27.3. The van der Waals surface area contributed by atoms with Crippen LogP contribution in [0.3, 0.4) is 0 Å². The zero-order valence-electron chi connectivity index (χ0n) is 42.9. The Morgan fingerprint density at radius 1 is 0.359 bits per heavy atom. The van der Waals surface area contributed by atoms with Crippen LogP contribution in [0.15, 0.2) is 59.7 Å². The summed E-state index contributed by atoms with van der Waals surface area (Å²) in [6.07, 6.45) is 45.6. The first kappa shape index (κ1) is 61.9. The van der Waals surface area contributed by atoms with E-state index in [1.165, 1.54) is 207 Å². The van der Waals surface area contributed by atoms with Gasteiger partial charge in [-0.1, -0.05) is 226 Å². The van der Waals surface area contributed by atoms with E-state index in [1.54, 1.807) is 4.70 Å². The molecule has 0 aliphatic carbocycles. The molecule has 1 aliphatic heterocycles. The number of hydrogen-bond acceptors (Lipinski definition) is 2. The number of allylic oxidation sites excluding steroid dienone is 2. The monoisotopic (exact) mass is 929 g/mol. The van der Waals surface area contributed by atoms with Crippen LogP contribution in [0.5, 0.6) is 0 Å². The largest absolute Gasteiger partial charge is 0.493 e. The Labute approximate surface area is 407 Å². The molecule has 1 aliphatic rings. The Hall–Kier alpha value is -2.07. The molecule has 2 aromatic carbocycles. The van der Waals surface area contributed by atoms with Crippen molar-refractivity contribution in [1.29, 1.82) is 0 Å². The van der Waals surface area contributed by atoms with Crippen molar-refractivity contribution < 1.29 is 31.4 Å². The van der Waals surface area contributed by atoms with Crippen LogP contribution in [0, 0.1) is 0 Å². The minimum absolute atomic E-state index is 0. The summed E-state index contributed by atoms with van der Waals surface area (Å²) in [7, 11) is 0. The van der Waals surface area contributed by atoms with E-state index < -0.39 is 0 Å². The van der Waals surface area contributed by atoms with Crippen molar-refractivity contribution in [2.24, 2.45) is 0 Å². The predicted molar refractivity (Wildman–Crippen MR) is 278 cm³/mol. The molecule has 0 fully saturated rings. The molecular formula is C59H102N2NiO2. The van der Waals surface area contributed by atoms with Gasteiger partial charge in [0.05, 0.1) is 0 Å². The van der Waals surface area contributed by atoms with Crippen molar-refractivity contribution in [3.05, 3.63) is 87.5 Å². The van der Waals surface area contributed by atoms with E-state index in [4.69, 9.17) is 10.2 Å². The van der Waals surface area contributed by atoms with Crippen LogP contribution in [0.1, 0.15) is 276 Å². The molecule has 2 N–H and O–H groups in total. The molecular weight excluding hydrogens is 827 g/mol. The van der Waals surface area contributed by atoms with E-state index in [0.29, 0.717) is 13.2 Å². The molecule has 1 heterocycles. The van der Waals surface area contributed by atoms with Crippen LogP contribution in [0.4, 0.5) is 0 Å². The van der Waals surface area contributed by atoms with Gasteiger partial charge in [0.25, 0.3) is 0 Å². The average Bonchev–Trinajstić information content (AvgIpc) is 3.59. The van der Waals surface area contributed by atoms with Gasteiger partial charge in [-0.25, -0.2) is 4.70 Å². The molecule has 0 aromatic heterocycles. The number of benzene rings is 2. The standard InChI is InChI=1S/C53H86N2.2C3H8O.Ni/c1-5-9-13-15-16-17-18-19-20-21-22-23-24-25-26-27-28-29-30-31-32-37-47-39-35-41-49(45-47)52-50(42-12-8-4)51(43-33-14-10-6-2)53(55(52)54)48-40-34-38-46(44-48)36-11-7-3;2*1-2-3-4;/h34-35,38-41,44-45H,5-33,36-37,42-43H2,1-4H3;2*4H,2-3H2,1H3;. The van der Waals surface area contributed by atoms with E-state index in [9.17, 15) is 5.53 Å². The van der Waals surface area contributed by atoms with Gasteiger partial charge >= 0.3 is 0 Å². The molecule has 370 valence electrons. The number of aliphatic hydroxyl groups excluding tert-OH is 2. The van der Waals surface area contributed by atoms with Crippen molar-refractivity contribution in [2.45, 2.75) is 266 Å². The van der Waals surface area contributed by atoms with Gasteiger partial charge in [0, 0.05) is 52.0 Å². The quantitative estimate of drug-likeness (QED) is 0.0403. The van der Waals surface area contributed by atoms with Crippen LogP contribution in [-0.4, -0.2) is 28.1 Å². The van der Waals surface area contributed by atoms with Gasteiger partial charge < -0.3 is 15.7 Å². The van der Waals surface area contributed by atoms with Gasteiger partial charge in [0.15, 0.2) is 0 Å². The smallest absolute Gasteiger partial charge is 0.211 e. The molecule has 0 spiro atoms. The predicted octanol–water partition coefficient (Wildman–Crippen LogP) is 18.9. The van der Waals surface area contributed by atoms with Crippen LogP contribution >= 0.6 is 0 Å². The summed E-state index contributed by atoms with van der Waals surface area (Å²) >= 11 is 0. The maximum atomic E-state index is 12.1. The zero-order chi connectivity index (χ0) is 46.0. The van der Waals surface area contributed by atoms with Gasteiger partial charge in [0.1, 0.15) is 0 Å². The van der Waals surface area contributed by atoms with Crippen LogP contribution in [-0.2, 0) is 29.3 Å². The van der Waals surface area contributed by atoms with Gasteiger partial charge in [-0.2, -0.15) is 0 Å². The molecule has 0 amide bonds. The third kappa shape index (κ3) is 28.9. The zero-order valence-corrected chi connectivity index (χ0v) is 43.9. The molecule has 0 radical (unpaired) electrons. The third-order valence-electron chi connectivity index (χ3n) is 12.7. The molecule has 0 unspecified atom stereocenters. The molecule has 0 saturated carbocycles. The van der Waals surface area contributed by atoms with Crippen molar-refractivity contribution in [3.8, 4) is 0 Å². The molecule has 4 nitrogen and oxygen atoms in total. The number of rotatable bonds is 37. The summed E-state index contributed by atoms with van der Waals surface area (Å²) < 4.78 is 1.59. The Bertz CT molecular complexity index is 1440. The second kappa shape index (κ2) is 44.8. The summed E-state index contributed by atoms with van der Waals surface area (Å²) in [4.78, 5) is 0. The normalized spacial score (nSPS) is 12.3. The second-order valence-corrected chi connectivity index (χ2v) is 18.7. The Morgan fingerprint density at radius 2 is 0.625 bits per heavy atom. The van der Waals surface area contributed by atoms with Gasteiger partial charge in [-0.05, 0) is 99.6 Å². The first-order valence-electron chi connectivity index (χ1n) is 27.3. The van der Waals surface area contributed by atoms with Crippen molar-refractivity contribution >= 4 is 11.4 Å². The third-order valence-corrected chi connectivity index (χ3v) is 12.7. The fourth-order valence-electron chi connectivity index (χ4n) is 8.76. The number of aliphatic hydroxyl groups is 2. The second-order valence-electron chi connectivity index (χ2n) is 18.7. The van der Waals surface area contributed by atoms with Crippen LogP contribution < -0.4 is 0 Å². The van der Waals surface area contributed by atoms with E-state index in [1.807, 2.05) is 13.8 Å². The molecule has 2 aromatic rings. The van der Waals surface area contributed by atoms with Crippen molar-refractivity contribution in [1.82, 2.24) is 0 Å². The Kier molecular flexibility index (Phi) is 43.3. The summed E-state index contributed by atoms with van der Waals surface area (Å²) in [6.45, 7) is 13.6. The maximum Gasteiger partial charge on any atom is 0.211 e. The number of hydrogen-bond donors (Lipinski definition) is 2. The summed E-state index contributed by atoms with van der Waals surface area (Å²) in [6, 6.07) is 18.2. The molecule has 0 saturated heterocycles. The fraction of sp³-hybridized carbons (Fsp3) is 0.729. The molecule has 64 heavy (non-hydrogen) atoms. The Balaban J connectivity index is 0.00000405. The maximum absolute atomic E-state index is 12.1. The number of nitrogens with zero attached hydrogens (tertiary/aromatic N) is 2. The van der Waals surface area contributed by atoms with E-state index >= 15 is 0 Å². The minimum Gasteiger partial charge on any atom is -0.493 e. The van der Waals surface area contributed by atoms with Crippen molar-refractivity contribution in [2.75, 3.05) is 13.2 Å². The minimum atomic E-state index is 0.